The van der Waals surface area contributed by atoms with Crippen molar-refractivity contribution in [2.45, 2.75) is 26.5 Å². The van der Waals surface area contributed by atoms with E-state index in [1.807, 2.05) is 31.4 Å². The summed E-state index contributed by atoms with van der Waals surface area (Å²) >= 11 is 1.65. The molecular formula is C15H19N3O3S. The number of morpholine rings is 1. The molecule has 1 unspecified atom stereocenters. The fourth-order valence-electron chi connectivity index (χ4n) is 2.36. The highest BCUT2D eigenvalue weighted by Crippen LogP contribution is 2.26. The van der Waals surface area contributed by atoms with Crippen LogP contribution in [0.1, 0.15) is 28.3 Å². The summed E-state index contributed by atoms with van der Waals surface area (Å²) in [6.45, 7) is 5.76. The monoisotopic (exact) mass is 321 g/mol. The number of nitrogens with one attached hydrogen (secondary N) is 1. The van der Waals surface area contributed by atoms with Gasteiger partial charge in [0, 0.05) is 11.4 Å². The lowest BCUT2D eigenvalue weighted by atomic mass is 10.2. The summed E-state index contributed by atoms with van der Waals surface area (Å²) < 4.78 is 11.2. The third-order valence-corrected chi connectivity index (χ3v) is 4.64. The fraction of sp³-hybridized carbons (Fsp3) is 0.467. The molecule has 7 heteroatoms. The van der Waals surface area contributed by atoms with E-state index in [0.717, 1.165) is 16.3 Å². The average Bonchev–Trinajstić information content (AvgIpc) is 3.16. The molecule has 22 heavy (non-hydrogen) atoms. The summed E-state index contributed by atoms with van der Waals surface area (Å²) in [5.74, 6) is 1.32. The van der Waals surface area contributed by atoms with Crippen LogP contribution in [0.15, 0.2) is 21.9 Å². The van der Waals surface area contributed by atoms with Crippen LogP contribution in [0.3, 0.4) is 0 Å². The molecule has 2 amide bonds. The van der Waals surface area contributed by atoms with E-state index >= 15 is 0 Å². The highest BCUT2D eigenvalue weighted by atomic mass is 32.1. The molecule has 0 radical (unpaired) electrons. The first kappa shape index (κ1) is 15.1. The standard InChI is InChI=1S/C15H19N3O3S/c1-10-11(2)21-14(17-10)8-16-15(19)18-5-6-20-12(9-18)13-4-3-7-22-13/h3-4,7,12H,5-6,8-9H2,1-2H3,(H,16,19). The predicted molar refractivity (Wildman–Crippen MR) is 82.8 cm³/mol. The van der Waals surface area contributed by atoms with Crippen molar-refractivity contribution in [1.82, 2.24) is 15.2 Å². The molecule has 0 aromatic carbocycles. The summed E-state index contributed by atoms with van der Waals surface area (Å²) in [6, 6.07) is 3.92. The fourth-order valence-corrected chi connectivity index (χ4v) is 3.12. The smallest absolute Gasteiger partial charge is 0.318 e. The highest BCUT2D eigenvalue weighted by molar-refractivity contribution is 7.10. The van der Waals surface area contributed by atoms with Gasteiger partial charge in [0.2, 0.25) is 5.89 Å². The van der Waals surface area contributed by atoms with Crippen LogP contribution in [0, 0.1) is 13.8 Å². The van der Waals surface area contributed by atoms with Gasteiger partial charge >= 0.3 is 6.03 Å². The molecule has 6 nitrogen and oxygen atoms in total. The van der Waals surface area contributed by atoms with Gasteiger partial charge in [-0.05, 0) is 25.3 Å². The van der Waals surface area contributed by atoms with E-state index in [-0.39, 0.29) is 12.1 Å². The van der Waals surface area contributed by atoms with Crippen LogP contribution in [-0.4, -0.2) is 35.6 Å². The maximum Gasteiger partial charge on any atom is 0.318 e. The second-order valence-electron chi connectivity index (χ2n) is 5.23. The number of nitrogens with zero attached hydrogens (tertiary/aromatic N) is 2. The van der Waals surface area contributed by atoms with Crippen LogP contribution in [0.25, 0.3) is 0 Å². The van der Waals surface area contributed by atoms with Crippen molar-refractivity contribution in [2.75, 3.05) is 19.7 Å². The van der Waals surface area contributed by atoms with Crippen LogP contribution < -0.4 is 5.32 Å². The van der Waals surface area contributed by atoms with Crippen molar-refractivity contribution in [3.8, 4) is 0 Å². The Morgan fingerprint density at radius 1 is 1.55 bits per heavy atom. The van der Waals surface area contributed by atoms with E-state index in [4.69, 9.17) is 9.15 Å². The Morgan fingerprint density at radius 2 is 2.41 bits per heavy atom. The molecule has 1 N–H and O–H groups in total. The lowest BCUT2D eigenvalue weighted by molar-refractivity contribution is -0.0136. The molecule has 1 aliphatic rings. The molecule has 0 aliphatic carbocycles. The number of hydrogen-bond donors (Lipinski definition) is 1. The molecule has 3 heterocycles. The van der Waals surface area contributed by atoms with Gasteiger partial charge in [-0.2, -0.15) is 0 Å². The minimum Gasteiger partial charge on any atom is -0.444 e. The third-order valence-electron chi connectivity index (χ3n) is 3.68. The molecule has 0 saturated carbocycles. The lowest BCUT2D eigenvalue weighted by Crippen LogP contribution is -2.46. The Morgan fingerprint density at radius 3 is 3.09 bits per heavy atom. The van der Waals surface area contributed by atoms with E-state index in [1.54, 1.807) is 16.2 Å². The Labute approximate surface area is 133 Å². The normalized spacial score (nSPS) is 18.5. The zero-order valence-corrected chi connectivity index (χ0v) is 13.5. The number of hydrogen-bond acceptors (Lipinski definition) is 5. The second kappa shape index (κ2) is 6.50. The maximum absolute atomic E-state index is 12.3. The van der Waals surface area contributed by atoms with Crippen LogP contribution in [0.5, 0.6) is 0 Å². The summed E-state index contributed by atoms with van der Waals surface area (Å²) in [6.07, 6.45) is -0.0364. The highest BCUT2D eigenvalue weighted by Gasteiger charge is 2.26. The number of urea groups is 1. The van der Waals surface area contributed by atoms with Crippen molar-refractivity contribution in [3.05, 3.63) is 39.7 Å². The number of carbonyl (C=O) groups excluding carboxylic acids is 1. The number of rotatable bonds is 3. The first-order valence-corrected chi connectivity index (χ1v) is 8.12. The average molecular weight is 321 g/mol. The number of aromatic nitrogens is 1. The van der Waals surface area contributed by atoms with Crippen molar-refractivity contribution in [1.29, 1.82) is 0 Å². The molecular weight excluding hydrogens is 302 g/mol. The van der Waals surface area contributed by atoms with Gasteiger partial charge < -0.3 is 19.4 Å². The largest absolute Gasteiger partial charge is 0.444 e. The number of thiophene rings is 1. The summed E-state index contributed by atoms with van der Waals surface area (Å²) in [5, 5.41) is 4.87. The number of oxazole rings is 1. The van der Waals surface area contributed by atoms with E-state index in [0.29, 0.717) is 32.1 Å². The number of aryl methyl sites for hydroxylation is 2. The van der Waals surface area contributed by atoms with Gasteiger partial charge in [-0.15, -0.1) is 11.3 Å². The maximum atomic E-state index is 12.3. The number of carbonyl (C=O) groups is 1. The predicted octanol–water partition coefficient (Wildman–Crippen LogP) is 2.64. The Balaban J connectivity index is 1.55. The second-order valence-corrected chi connectivity index (χ2v) is 6.21. The van der Waals surface area contributed by atoms with Crippen molar-refractivity contribution in [2.24, 2.45) is 0 Å². The molecule has 0 spiro atoms. The first-order valence-electron chi connectivity index (χ1n) is 7.24. The zero-order valence-electron chi connectivity index (χ0n) is 12.7. The van der Waals surface area contributed by atoms with Crippen LogP contribution in [0.4, 0.5) is 4.79 Å². The SMILES string of the molecule is Cc1nc(CNC(=O)N2CCOC(c3cccs3)C2)oc1C. The van der Waals surface area contributed by atoms with Crippen LogP contribution >= 0.6 is 11.3 Å². The molecule has 3 rings (SSSR count). The zero-order chi connectivity index (χ0) is 15.5. The van der Waals surface area contributed by atoms with Gasteiger partial charge in [0.25, 0.3) is 0 Å². The molecule has 2 aromatic rings. The topological polar surface area (TPSA) is 67.6 Å². The minimum absolute atomic E-state index is 0.0364. The van der Waals surface area contributed by atoms with Gasteiger partial charge in [0.1, 0.15) is 11.9 Å². The molecule has 0 bridgehead atoms. The van der Waals surface area contributed by atoms with Crippen LogP contribution in [-0.2, 0) is 11.3 Å². The van der Waals surface area contributed by atoms with Gasteiger partial charge in [-0.25, -0.2) is 9.78 Å². The molecule has 1 aliphatic heterocycles. The third kappa shape index (κ3) is 3.31. The molecule has 1 saturated heterocycles. The van der Waals surface area contributed by atoms with E-state index in [9.17, 15) is 4.79 Å². The Hall–Kier alpha value is -1.86. The van der Waals surface area contributed by atoms with Crippen molar-refractivity contribution < 1.29 is 13.9 Å². The quantitative estimate of drug-likeness (QED) is 0.943. The van der Waals surface area contributed by atoms with Gasteiger partial charge in [0.15, 0.2) is 0 Å². The lowest BCUT2D eigenvalue weighted by Gasteiger charge is -2.32. The van der Waals surface area contributed by atoms with Crippen LogP contribution in [0.2, 0.25) is 0 Å². The number of ether oxygens (including phenoxy) is 1. The molecule has 1 atom stereocenters. The Bertz CT molecular complexity index is 619. The molecule has 1 fully saturated rings. The van der Waals surface area contributed by atoms with Gasteiger partial charge in [-0.3, -0.25) is 0 Å². The summed E-state index contributed by atoms with van der Waals surface area (Å²) in [7, 11) is 0. The summed E-state index contributed by atoms with van der Waals surface area (Å²) in [4.78, 5) is 19.5. The number of amides is 2. The molecule has 118 valence electrons. The Kier molecular flexibility index (Phi) is 4.44. The molecule has 2 aromatic heterocycles. The summed E-state index contributed by atoms with van der Waals surface area (Å²) in [5.41, 5.74) is 0.855. The van der Waals surface area contributed by atoms with Gasteiger partial charge in [-0.1, -0.05) is 6.07 Å². The van der Waals surface area contributed by atoms with E-state index in [1.165, 1.54) is 0 Å². The minimum atomic E-state index is -0.113. The van der Waals surface area contributed by atoms with Crippen molar-refractivity contribution >= 4 is 17.4 Å². The van der Waals surface area contributed by atoms with Gasteiger partial charge in [0.05, 0.1) is 25.4 Å². The van der Waals surface area contributed by atoms with E-state index < -0.39 is 0 Å². The first-order chi connectivity index (χ1) is 10.6. The van der Waals surface area contributed by atoms with Crippen molar-refractivity contribution in [3.63, 3.8) is 0 Å². The van der Waals surface area contributed by atoms with E-state index in [2.05, 4.69) is 10.3 Å².